The summed E-state index contributed by atoms with van der Waals surface area (Å²) < 4.78 is 28.4. The molecule has 2 atom stereocenters. The maximum Gasteiger partial charge on any atom is 0.341 e. The molecule has 1 aliphatic rings. The van der Waals surface area contributed by atoms with Gasteiger partial charge in [0.2, 0.25) is 0 Å². The summed E-state index contributed by atoms with van der Waals surface area (Å²) in [6.45, 7) is 1.39. The van der Waals surface area contributed by atoms with Crippen molar-refractivity contribution < 1.29 is 23.5 Å². The second kappa shape index (κ2) is 9.96. The van der Waals surface area contributed by atoms with Crippen molar-refractivity contribution in [1.82, 2.24) is 10.3 Å². The molecule has 0 saturated carbocycles. The van der Waals surface area contributed by atoms with E-state index < -0.39 is 34.5 Å². The Hall–Kier alpha value is -3.51. The molecule has 1 aliphatic heterocycles. The van der Waals surface area contributed by atoms with E-state index in [0.29, 0.717) is 5.56 Å². The molecule has 12 heteroatoms. The highest BCUT2D eigenvalue weighted by atomic mass is 32.2. The molecule has 1 heterocycles. The Balaban J connectivity index is 2.06. The van der Waals surface area contributed by atoms with E-state index in [9.17, 15) is 23.5 Å². The number of primary amides is 1. The first kappa shape index (κ1) is 24.1. The number of nitrogens with one attached hydrogen (secondary N) is 1. The number of hydrazone groups is 1. The fourth-order valence-corrected chi connectivity index (χ4v) is 4.65. The molecule has 33 heavy (non-hydrogen) atoms. The zero-order valence-corrected chi connectivity index (χ0v) is 18.4. The molecule has 9 nitrogen and oxygen atoms in total. The lowest BCUT2D eigenvalue weighted by Crippen LogP contribution is -2.47. The standard InChI is InChI=1S/C21H22F2N6O3S/c1-12(30)18(31)29-21(13-5-3-2-4-6-13,9-10-26-19(24)27-20(25)32)33-17(28-29)15-11-14(22)7-8-16(15)23/h2-8,11-12,30H,9-10H2,1H3,(H5,24,25,26,27,32)/t12-,21?/m0/s1. The minimum atomic E-state index is -1.41. The number of guanidine groups is 1. The first-order chi connectivity index (χ1) is 15.6. The minimum absolute atomic E-state index is 0.0589. The van der Waals surface area contributed by atoms with Crippen LogP contribution in [0.1, 0.15) is 24.5 Å². The normalized spacial score (nSPS) is 19.2. The fraction of sp³-hybridized carbons (Fsp3) is 0.238. The van der Waals surface area contributed by atoms with Gasteiger partial charge in [0.05, 0.1) is 0 Å². The molecule has 0 radical (unpaired) electrons. The number of thioether (sulfide) groups is 1. The zero-order valence-electron chi connectivity index (χ0n) is 17.5. The van der Waals surface area contributed by atoms with E-state index >= 15 is 0 Å². The molecule has 0 fully saturated rings. The van der Waals surface area contributed by atoms with Gasteiger partial charge in [-0.2, -0.15) is 10.1 Å². The SMILES string of the molecule is C[C@H](O)C(=O)N1N=C(c2cc(F)ccc2F)SC1(CCN/C(N)=N/C(N)=O)c1ccccc1. The molecular formula is C21H22F2N6O3S. The average Bonchev–Trinajstić information content (AvgIpc) is 3.15. The van der Waals surface area contributed by atoms with Crippen LogP contribution in [0.25, 0.3) is 0 Å². The number of aliphatic hydroxyl groups excluding tert-OH is 1. The summed E-state index contributed by atoms with van der Waals surface area (Å²) in [7, 11) is 0. The Bertz CT molecular complexity index is 1110. The van der Waals surface area contributed by atoms with Gasteiger partial charge in [-0.15, -0.1) is 0 Å². The number of nitrogens with zero attached hydrogens (tertiary/aromatic N) is 3. The fourth-order valence-electron chi connectivity index (χ4n) is 3.27. The summed E-state index contributed by atoms with van der Waals surface area (Å²) >= 11 is 1.03. The van der Waals surface area contributed by atoms with Gasteiger partial charge in [0.25, 0.3) is 5.91 Å². The van der Waals surface area contributed by atoms with Crippen LogP contribution < -0.4 is 16.8 Å². The number of urea groups is 1. The van der Waals surface area contributed by atoms with Crippen LogP contribution in [0.4, 0.5) is 13.6 Å². The third-order valence-corrected chi connectivity index (χ3v) is 6.19. The van der Waals surface area contributed by atoms with Crippen molar-refractivity contribution in [3.8, 4) is 0 Å². The number of rotatable bonds is 6. The number of halogens is 2. The molecule has 1 unspecified atom stereocenters. The number of aliphatic hydroxyl groups is 1. The number of hydrogen-bond acceptors (Lipinski definition) is 5. The lowest BCUT2D eigenvalue weighted by Gasteiger charge is -2.36. The van der Waals surface area contributed by atoms with Gasteiger partial charge in [-0.05, 0) is 30.7 Å². The van der Waals surface area contributed by atoms with E-state index in [-0.39, 0.29) is 29.5 Å². The predicted molar refractivity (Wildman–Crippen MR) is 121 cm³/mol. The molecule has 0 saturated heterocycles. The van der Waals surface area contributed by atoms with Gasteiger partial charge in [-0.3, -0.25) is 4.79 Å². The molecule has 0 aliphatic carbocycles. The van der Waals surface area contributed by atoms with Crippen LogP contribution >= 0.6 is 11.8 Å². The smallest absolute Gasteiger partial charge is 0.341 e. The summed E-state index contributed by atoms with van der Waals surface area (Å²) in [4.78, 5) is 26.0. The molecule has 3 rings (SSSR count). The summed E-state index contributed by atoms with van der Waals surface area (Å²) in [5.41, 5.74) is 11.1. The molecule has 0 aromatic heterocycles. The summed E-state index contributed by atoms with van der Waals surface area (Å²) in [5, 5.41) is 18.2. The summed E-state index contributed by atoms with van der Waals surface area (Å²) in [6.07, 6.45) is -1.28. The van der Waals surface area contributed by atoms with E-state index in [1.54, 1.807) is 30.3 Å². The van der Waals surface area contributed by atoms with E-state index in [1.807, 2.05) is 0 Å². The average molecular weight is 477 g/mol. The van der Waals surface area contributed by atoms with E-state index in [1.165, 1.54) is 6.92 Å². The van der Waals surface area contributed by atoms with Gasteiger partial charge >= 0.3 is 6.03 Å². The van der Waals surface area contributed by atoms with Crippen LogP contribution in [0.5, 0.6) is 0 Å². The third-order valence-electron chi connectivity index (χ3n) is 4.75. The Morgan fingerprint density at radius 3 is 2.58 bits per heavy atom. The predicted octanol–water partition coefficient (Wildman–Crippen LogP) is 1.81. The van der Waals surface area contributed by atoms with E-state index in [0.717, 1.165) is 35.0 Å². The van der Waals surface area contributed by atoms with Crippen molar-refractivity contribution in [2.45, 2.75) is 24.3 Å². The topological polar surface area (TPSA) is 146 Å². The first-order valence-corrected chi connectivity index (χ1v) is 10.6. The second-order valence-corrected chi connectivity index (χ2v) is 8.39. The lowest BCUT2D eigenvalue weighted by molar-refractivity contribution is -0.143. The summed E-state index contributed by atoms with van der Waals surface area (Å²) in [6, 6.07) is 10.7. The van der Waals surface area contributed by atoms with Crippen LogP contribution in [0, 0.1) is 11.6 Å². The second-order valence-electron chi connectivity index (χ2n) is 7.12. The first-order valence-electron chi connectivity index (χ1n) is 9.82. The van der Waals surface area contributed by atoms with Gasteiger partial charge < -0.3 is 21.9 Å². The number of amides is 3. The molecule has 174 valence electrons. The van der Waals surface area contributed by atoms with Crippen molar-refractivity contribution in [1.29, 1.82) is 0 Å². The molecular weight excluding hydrogens is 454 g/mol. The largest absolute Gasteiger partial charge is 0.383 e. The Morgan fingerprint density at radius 2 is 1.94 bits per heavy atom. The highest BCUT2D eigenvalue weighted by molar-refractivity contribution is 8.15. The van der Waals surface area contributed by atoms with Crippen molar-refractivity contribution in [2.75, 3.05) is 6.54 Å². The Labute approximate surface area is 192 Å². The van der Waals surface area contributed by atoms with Gasteiger partial charge in [-0.1, -0.05) is 42.1 Å². The van der Waals surface area contributed by atoms with Crippen molar-refractivity contribution in [3.63, 3.8) is 0 Å². The molecule has 0 bridgehead atoms. The maximum absolute atomic E-state index is 14.5. The van der Waals surface area contributed by atoms with Crippen LogP contribution in [0.3, 0.4) is 0 Å². The highest BCUT2D eigenvalue weighted by Crippen LogP contribution is 2.50. The Kier molecular flexibility index (Phi) is 7.29. The van der Waals surface area contributed by atoms with Crippen molar-refractivity contribution in [2.24, 2.45) is 21.6 Å². The number of nitrogens with two attached hydrogens (primary N) is 2. The molecule has 2 aromatic rings. The van der Waals surface area contributed by atoms with Crippen LogP contribution in [-0.2, 0) is 9.67 Å². The molecule has 6 N–H and O–H groups in total. The van der Waals surface area contributed by atoms with Crippen LogP contribution in [0.2, 0.25) is 0 Å². The van der Waals surface area contributed by atoms with Gasteiger partial charge in [-0.25, -0.2) is 18.6 Å². The summed E-state index contributed by atoms with van der Waals surface area (Å²) in [5.74, 6) is -2.35. The number of hydrogen-bond donors (Lipinski definition) is 4. The van der Waals surface area contributed by atoms with Gasteiger partial charge in [0, 0.05) is 18.5 Å². The maximum atomic E-state index is 14.5. The van der Waals surface area contributed by atoms with Crippen LogP contribution in [-0.4, -0.2) is 45.7 Å². The lowest BCUT2D eigenvalue weighted by atomic mass is 10.0. The number of carbonyl (C=O) groups is 2. The third kappa shape index (κ3) is 5.29. The number of benzene rings is 2. The van der Waals surface area contributed by atoms with Crippen molar-refractivity contribution in [3.05, 3.63) is 71.3 Å². The quantitative estimate of drug-likeness (QED) is 0.369. The Morgan fingerprint density at radius 1 is 1.24 bits per heavy atom. The number of carbonyl (C=O) groups excluding carboxylic acids is 2. The van der Waals surface area contributed by atoms with Gasteiger partial charge in [0.15, 0.2) is 5.96 Å². The van der Waals surface area contributed by atoms with E-state index in [2.05, 4.69) is 15.4 Å². The van der Waals surface area contributed by atoms with Crippen molar-refractivity contribution >= 4 is 34.7 Å². The van der Waals surface area contributed by atoms with Gasteiger partial charge in [0.1, 0.15) is 27.7 Å². The molecule has 0 spiro atoms. The molecule has 2 aromatic carbocycles. The number of aliphatic imine (C=N–C) groups is 1. The molecule has 3 amide bonds. The van der Waals surface area contributed by atoms with E-state index in [4.69, 9.17) is 11.5 Å². The zero-order chi connectivity index (χ0) is 24.2. The monoisotopic (exact) mass is 476 g/mol. The minimum Gasteiger partial charge on any atom is -0.383 e. The van der Waals surface area contributed by atoms with Crippen LogP contribution in [0.15, 0.2) is 58.6 Å². The highest BCUT2D eigenvalue weighted by Gasteiger charge is 2.49.